The maximum absolute atomic E-state index is 13.2. The summed E-state index contributed by atoms with van der Waals surface area (Å²) in [6, 6.07) is 0.134. The molecule has 0 bridgehead atoms. The van der Waals surface area contributed by atoms with Crippen molar-refractivity contribution in [2.45, 2.75) is 13.0 Å². The SMILES string of the molecule is CCOc1ccc(C(F)(F)N=C=O)cc1Br. The van der Waals surface area contributed by atoms with Crippen molar-refractivity contribution in [2.24, 2.45) is 4.99 Å². The van der Waals surface area contributed by atoms with E-state index in [1.165, 1.54) is 6.07 Å². The second kappa shape index (κ2) is 5.18. The minimum atomic E-state index is -3.56. The van der Waals surface area contributed by atoms with Crippen LogP contribution in [-0.2, 0) is 10.8 Å². The molecule has 3 nitrogen and oxygen atoms in total. The van der Waals surface area contributed by atoms with Crippen molar-refractivity contribution in [3.05, 3.63) is 28.2 Å². The molecule has 1 rings (SSSR count). The Morgan fingerprint density at radius 2 is 2.25 bits per heavy atom. The number of isocyanates is 1. The summed E-state index contributed by atoms with van der Waals surface area (Å²) in [7, 11) is 0. The highest BCUT2D eigenvalue weighted by Crippen LogP contribution is 2.34. The number of hydrogen-bond acceptors (Lipinski definition) is 3. The maximum atomic E-state index is 13.2. The van der Waals surface area contributed by atoms with Crippen LogP contribution in [0.4, 0.5) is 8.78 Å². The molecule has 0 saturated heterocycles. The molecule has 0 aromatic heterocycles. The molecule has 1 aromatic carbocycles. The van der Waals surface area contributed by atoms with Crippen molar-refractivity contribution < 1.29 is 18.3 Å². The van der Waals surface area contributed by atoms with E-state index >= 15 is 0 Å². The van der Waals surface area contributed by atoms with Gasteiger partial charge in [0.05, 0.1) is 11.1 Å². The van der Waals surface area contributed by atoms with Gasteiger partial charge < -0.3 is 4.74 Å². The van der Waals surface area contributed by atoms with Crippen molar-refractivity contribution >= 4 is 22.0 Å². The van der Waals surface area contributed by atoms with Crippen LogP contribution in [0.15, 0.2) is 27.7 Å². The zero-order valence-corrected chi connectivity index (χ0v) is 9.92. The number of benzene rings is 1. The normalized spacial score (nSPS) is 10.8. The molecule has 0 aliphatic carbocycles. The first kappa shape index (κ1) is 12.8. The van der Waals surface area contributed by atoms with Crippen LogP contribution in [0, 0.1) is 0 Å². The van der Waals surface area contributed by atoms with Crippen LogP contribution in [0.2, 0.25) is 0 Å². The lowest BCUT2D eigenvalue weighted by atomic mass is 10.2. The summed E-state index contributed by atoms with van der Waals surface area (Å²) in [5.41, 5.74) is -0.397. The van der Waals surface area contributed by atoms with E-state index in [0.29, 0.717) is 16.8 Å². The molecule has 16 heavy (non-hydrogen) atoms. The highest BCUT2D eigenvalue weighted by Gasteiger charge is 2.31. The van der Waals surface area contributed by atoms with E-state index in [9.17, 15) is 13.6 Å². The third kappa shape index (κ3) is 2.87. The van der Waals surface area contributed by atoms with Crippen molar-refractivity contribution in [3.8, 4) is 5.75 Å². The summed E-state index contributed by atoms with van der Waals surface area (Å²) in [5.74, 6) is 0.456. The van der Waals surface area contributed by atoms with E-state index in [4.69, 9.17) is 4.74 Å². The fraction of sp³-hybridized carbons (Fsp3) is 0.300. The molecule has 0 atom stereocenters. The molecule has 0 aliphatic rings. The summed E-state index contributed by atoms with van der Waals surface area (Å²) >= 11 is 3.09. The van der Waals surface area contributed by atoms with Crippen LogP contribution < -0.4 is 4.74 Å². The predicted octanol–water partition coefficient (Wildman–Crippen LogP) is 3.23. The molecule has 0 unspecified atom stereocenters. The van der Waals surface area contributed by atoms with Crippen LogP contribution in [-0.4, -0.2) is 12.7 Å². The van der Waals surface area contributed by atoms with Crippen LogP contribution in [0.1, 0.15) is 12.5 Å². The van der Waals surface area contributed by atoms with Crippen molar-refractivity contribution in [3.63, 3.8) is 0 Å². The molecule has 1 aromatic rings. The van der Waals surface area contributed by atoms with E-state index in [0.717, 1.165) is 18.2 Å². The molecule has 0 fully saturated rings. The number of rotatable bonds is 4. The molecule has 0 N–H and O–H groups in total. The van der Waals surface area contributed by atoms with Gasteiger partial charge in [-0.2, -0.15) is 8.78 Å². The quantitative estimate of drug-likeness (QED) is 0.485. The molecule has 0 saturated carbocycles. The Hall–Kier alpha value is -1.26. The average molecular weight is 292 g/mol. The van der Waals surface area contributed by atoms with Gasteiger partial charge in [0.15, 0.2) is 0 Å². The first-order valence-corrected chi connectivity index (χ1v) is 5.20. The van der Waals surface area contributed by atoms with Gasteiger partial charge in [0, 0.05) is 5.56 Å². The molecule has 0 amide bonds. The fourth-order valence-electron chi connectivity index (χ4n) is 1.08. The van der Waals surface area contributed by atoms with E-state index in [2.05, 4.69) is 20.9 Å². The zero-order valence-electron chi connectivity index (χ0n) is 8.34. The second-order valence-electron chi connectivity index (χ2n) is 2.82. The summed E-state index contributed by atoms with van der Waals surface area (Å²) in [4.78, 5) is 12.3. The molecule has 0 spiro atoms. The number of aliphatic imine (C=N–C) groups is 1. The molecular formula is C10H8BrF2NO2. The Bertz CT molecular complexity index is 431. The smallest absolute Gasteiger partial charge is 0.379 e. The van der Waals surface area contributed by atoms with E-state index in [-0.39, 0.29) is 0 Å². The molecular weight excluding hydrogens is 284 g/mol. The highest BCUT2D eigenvalue weighted by atomic mass is 79.9. The van der Waals surface area contributed by atoms with Crippen LogP contribution in [0.5, 0.6) is 5.75 Å². The number of carbonyl (C=O) groups excluding carboxylic acids is 1. The summed E-state index contributed by atoms with van der Waals surface area (Å²) < 4.78 is 31.9. The first-order valence-electron chi connectivity index (χ1n) is 4.41. The van der Waals surface area contributed by atoms with Crippen molar-refractivity contribution in [1.29, 1.82) is 0 Å². The summed E-state index contributed by atoms with van der Waals surface area (Å²) in [5, 5.41) is 0. The van der Waals surface area contributed by atoms with Crippen molar-refractivity contribution in [2.75, 3.05) is 6.61 Å². The minimum Gasteiger partial charge on any atom is -0.493 e. The van der Waals surface area contributed by atoms with Crippen LogP contribution in [0.25, 0.3) is 0 Å². The molecule has 0 heterocycles. The van der Waals surface area contributed by atoms with Gasteiger partial charge in [-0.25, -0.2) is 4.79 Å². The van der Waals surface area contributed by atoms with Gasteiger partial charge in [-0.05, 0) is 41.1 Å². The molecule has 0 radical (unpaired) electrons. The van der Waals surface area contributed by atoms with Gasteiger partial charge in [0.2, 0.25) is 6.08 Å². The van der Waals surface area contributed by atoms with Gasteiger partial charge in [0.1, 0.15) is 5.75 Å². The van der Waals surface area contributed by atoms with Gasteiger partial charge in [0.25, 0.3) is 0 Å². The van der Waals surface area contributed by atoms with Gasteiger partial charge in [-0.1, -0.05) is 0 Å². The number of alkyl halides is 2. The maximum Gasteiger partial charge on any atom is 0.379 e. The Labute approximate surface area is 99.3 Å². The topological polar surface area (TPSA) is 38.7 Å². The highest BCUT2D eigenvalue weighted by molar-refractivity contribution is 9.10. The molecule has 0 aliphatic heterocycles. The zero-order chi connectivity index (χ0) is 12.2. The first-order chi connectivity index (χ1) is 7.51. The summed E-state index contributed by atoms with van der Waals surface area (Å²) in [6.45, 7) is 2.21. The average Bonchev–Trinajstić information content (AvgIpc) is 2.21. The third-order valence-electron chi connectivity index (χ3n) is 1.77. The predicted molar refractivity (Wildman–Crippen MR) is 57.3 cm³/mol. The van der Waals surface area contributed by atoms with E-state index in [1.54, 1.807) is 6.92 Å². The molecule has 6 heteroatoms. The third-order valence-corrected chi connectivity index (χ3v) is 2.38. The van der Waals surface area contributed by atoms with Crippen LogP contribution >= 0.6 is 15.9 Å². The number of ether oxygens (including phenoxy) is 1. The van der Waals surface area contributed by atoms with E-state index in [1.807, 2.05) is 0 Å². The molecule has 86 valence electrons. The van der Waals surface area contributed by atoms with E-state index < -0.39 is 11.6 Å². The Balaban J connectivity index is 3.10. The number of hydrogen-bond donors (Lipinski definition) is 0. The van der Waals surface area contributed by atoms with Gasteiger partial charge in [-0.15, -0.1) is 4.99 Å². The monoisotopic (exact) mass is 291 g/mol. The Kier molecular flexibility index (Phi) is 4.15. The standard InChI is InChI=1S/C10H8BrF2NO2/c1-2-16-9-4-3-7(5-8(9)11)10(12,13)14-6-15/h3-5H,2H2,1H3. The second-order valence-corrected chi connectivity index (χ2v) is 3.68. The minimum absolute atomic E-state index is 0.382. The Morgan fingerprint density at radius 3 is 2.75 bits per heavy atom. The lowest BCUT2D eigenvalue weighted by Crippen LogP contribution is -2.09. The summed E-state index contributed by atoms with van der Waals surface area (Å²) in [6.07, 6.45) is 0.844. The lowest BCUT2D eigenvalue weighted by Gasteiger charge is -2.11. The lowest BCUT2D eigenvalue weighted by molar-refractivity contribution is 0.00607. The fourth-order valence-corrected chi connectivity index (χ4v) is 1.58. The Morgan fingerprint density at radius 1 is 1.56 bits per heavy atom. The van der Waals surface area contributed by atoms with Gasteiger partial charge in [-0.3, -0.25) is 0 Å². The van der Waals surface area contributed by atoms with Crippen molar-refractivity contribution in [1.82, 2.24) is 0 Å². The van der Waals surface area contributed by atoms with Crippen LogP contribution in [0.3, 0.4) is 0 Å². The van der Waals surface area contributed by atoms with Gasteiger partial charge >= 0.3 is 6.05 Å². The number of halogens is 3. The largest absolute Gasteiger partial charge is 0.493 e. The number of nitrogens with zero attached hydrogens (tertiary/aromatic N) is 1.